The molecule has 1 aliphatic heterocycles. The maximum absolute atomic E-state index is 4.33. The smallest absolute Gasteiger partial charge is 0.151 e. The predicted molar refractivity (Wildman–Crippen MR) is 102 cm³/mol. The Balaban J connectivity index is 1.33. The van der Waals surface area contributed by atoms with Crippen LogP contribution < -0.4 is 10.2 Å². The Hall–Kier alpha value is -2.73. The van der Waals surface area contributed by atoms with Gasteiger partial charge in [-0.05, 0) is 55.7 Å². The molecule has 1 fully saturated rings. The molecule has 134 valence electrons. The van der Waals surface area contributed by atoms with Crippen molar-refractivity contribution in [1.82, 2.24) is 25.3 Å². The van der Waals surface area contributed by atoms with Gasteiger partial charge < -0.3 is 10.2 Å². The fourth-order valence-electron chi connectivity index (χ4n) is 3.36. The van der Waals surface area contributed by atoms with Gasteiger partial charge in [-0.3, -0.25) is 0 Å². The minimum absolute atomic E-state index is 0.470. The van der Waals surface area contributed by atoms with Crippen LogP contribution in [-0.2, 0) is 6.54 Å². The molecular weight excluding hydrogens is 324 g/mol. The van der Waals surface area contributed by atoms with E-state index in [4.69, 9.17) is 0 Å². The molecule has 26 heavy (non-hydrogen) atoms. The number of nitrogens with zero attached hydrogens (tertiary/aromatic N) is 5. The largest absolute Gasteiger partial charge is 0.354 e. The molecule has 6 nitrogen and oxygen atoms in total. The van der Waals surface area contributed by atoms with Crippen LogP contribution in [0.5, 0.6) is 0 Å². The Morgan fingerprint density at radius 2 is 2.00 bits per heavy atom. The van der Waals surface area contributed by atoms with Gasteiger partial charge in [-0.2, -0.15) is 10.2 Å². The fourth-order valence-corrected chi connectivity index (χ4v) is 3.36. The first-order chi connectivity index (χ1) is 12.8. The summed E-state index contributed by atoms with van der Waals surface area (Å²) in [5.41, 5.74) is 3.33. The molecule has 1 unspecified atom stereocenters. The van der Waals surface area contributed by atoms with Gasteiger partial charge in [0.2, 0.25) is 0 Å². The zero-order valence-corrected chi connectivity index (χ0v) is 15.0. The molecule has 1 saturated heterocycles. The molecule has 2 aromatic heterocycles. The lowest BCUT2D eigenvalue weighted by atomic mass is 10.1. The van der Waals surface area contributed by atoms with Gasteiger partial charge >= 0.3 is 0 Å². The van der Waals surface area contributed by atoms with E-state index in [1.54, 1.807) is 6.20 Å². The molecule has 4 rings (SSSR count). The van der Waals surface area contributed by atoms with Gasteiger partial charge in [0.05, 0.1) is 11.4 Å². The third-order valence-electron chi connectivity index (χ3n) is 4.83. The normalized spacial score (nSPS) is 17.4. The zero-order valence-electron chi connectivity index (χ0n) is 15.0. The Labute approximate surface area is 153 Å². The van der Waals surface area contributed by atoms with Crippen molar-refractivity contribution in [2.45, 2.75) is 32.4 Å². The summed E-state index contributed by atoms with van der Waals surface area (Å²) in [5.74, 6) is 0.977. The highest BCUT2D eigenvalue weighted by molar-refractivity contribution is 5.38. The van der Waals surface area contributed by atoms with Crippen molar-refractivity contribution < 1.29 is 0 Å². The van der Waals surface area contributed by atoms with Crippen molar-refractivity contribution in [3.8, 4) is 5.69 Å². The van der Waals surface area contributed by atoms with Crippen LogP contribution in [0, 0.1) is 6.92 Å². The van der Waals surface area contributed by atoms with Crippen molar-refractivity contribution in [2.75, 3.05) is 18.0 Å². The first-order valence-corrected chi connectivity index (χ1v) is 9.15. The molecule has 1 aromatic carbocycles. The van der Waals surface area contributed by atoms with E-state index in [2.05, 4.69) is 55.8 Å². The fraction of sp³-hybridized carbons (Fsp3) is 0.350. The van der Waals surface area contributed by atoms with Crippen LogP contribution in [0.25, 0.3) is 5.69 Å². The number of hydrogen-bond acceptors (Lipinski definition) is 5. The van der Waals surface area contributed by atoms with Crippen LogP contribution in [0.3, 0.4) is 0 Å². The van der Waals surface area contributed by atoms with Crippen LogP contribution in [0.15, 0.2) is 54.9 Å². The summed E-state index contributed by atoms with van der Waals surface area (Å²) in [4.78, 5) is 2.33. The Morgan fingerprint density at radius 3 is 2.73 bits per heavy atom. The zero-order chi connectivity index (χ0) is 17.8. The van der Waals surface area contributed by atoms with Crippen molar-refractivity contribution in [1.29, 1.82) is 0 Å². The topological polar surface area (TPSA) is 58.9 Å². The Kier molecular flexibility index (Phi) is 4.93. The van der Waals surface area contributed by atoms with Gasteiger partial charge in [-0.25, -0.2) is 4.68 Å². The molecule has 1 aliphatic rings. The number of anilines is 1. The molecule has 0 spiro atoms. The van der Waals surface area contributed by atoms with Crippen LogP contribution in [0.1, 0.15) is 24.1 Å². The van der Waals surface area contributed by atoms with Gasteiger partial charge in [-0.1, -0.05) is 12.1 Å². The maximum Gasteiger partial charge on any atom is 0.151 e. The van der Waals surface area contributed by atoms with Crippen molar-refractivity contribution in [3.05, 3.63) is 66.1 Å². The predicted octanol–water partition coefficient (Wildman–Crippen LogP) is 2.73. The lowest BCUT2D eigenvalue weighted by Gasteiger charge is -2.33. The molecule has 3 heterocycles. The molecule has 0 aliphatic carbocycles. The van der Waals surface area contributed by atoms with Crippen molar-refractivity contribution in [2.24, 2.45) is 0 Å². The summed E-state index contributed by atoms with van der Waals surface area (Å²) in [6.07, 6.45) is 6.12. The van der Waals surface area contributed by atoms with Gasteiger partial charge in [0.15, 0.2) is 5.82 Å². The van der Waals surface area contributed by atoms with Gasteiger partial charge in [0.25, 0.3) is 0 Å². The molecule has 6 heteroatoms. The van der Waals surface area contributed by atoms with Crippen LogP contribution in [0.2, 0.25) is 0 Å². The summed E-state index contributed by atoms with van der Waals surface area (Å²) in [5, 5.41) is 16.5. The monoisotopic (exact) mass is 348 g/mol. The lowest BCUT2D eigenvalue weighted by Crippen LogP contribution is -2.45. The van der Waals surface area contributed by atoms with Crippen LogP contribution >= 0.6 is 0 Å². The second-order valence-corrected chi connectivity index (χ2v) is 6.82. The van der Waals surface area contributed by atoms with E-state index in [0.29, 0.717) is 6.04 Å². The standard InChI is InChI=1S/C20H24N6/c1-16-5-10-20(24-23-16)25-12-2-4-18(15-25)21-14-17-6-8-19(9-7-17)26-13-3-11-22-26/h3,5-11,13,18,21H,2,4,12,14-15H2,1H3. The quantitative estimate of drug-likeness (QED) is 0.768. The summed E-state index contributed by atoms with van der Waals surface area (Å²) in [7, 11) is 0. The van der Waals surface area contributed by atoms with Crippen LogP contribution in [-0.4, -0.2) is 39.1 Å². The van der Waals surface area contributed by atoms with E-state index in [9.17, 15) is 0 Å². The van der Waals surface area contributed by atoms with Crippen molar-refractivity contribution in [3.63, 3.8) is 0 Å². The third kappa shape index (κ3) is 3.91. The summed E-state index contributed by atoms with van der Waals surface area (Å²) in [6, 6.07) is 15.0. The third-order valence-corrected chi connectivity index (χ3v) is 4.83. The number of nitrogens with one attached hydrogen (secondary N) is 1. The average molecular weight is 348 g/mol. The number of piperidine rings is 1. The van der Waals surface area contributed by atoms with Crippen LogP contribution in [0.4, 0.5) is 5.82 Å². The molecule has 0 bridgehead atoms. The second-order valence-electron chi connectivity index (χ2n) is 6.82. The molecule has 0 amide bonds. The molecule has 0 radical (unpaired) electrons. The molecular formula is C20H24N6. The van der Waals surface area contributed by atoms with E-state index in [-0.39, 0.29) is 0 Å². The lowest BCUT2D eigenvalue weighted by molar-refractivity contribution is 0.419. The van der Waals surface area contributed by atoms with Crippen molar-refractivity contribution >= 4 is 5.82 Å². The highest BCUT2D eigenvalue weighted by Gasteiger charge is 2.20. The van der Waals surface area contributed by atoms with E-state index in [1.807, 2.05) is 29.9 Å². The van der Waals surface area contributed by atoms with Gasteiger partial charge in [0.1, 0.15) is 0 Å². The first-order valence-electron chi connectivity index (χ1n) is 9.15. The number of hydrogen-bond donors (Lipinski definition) is 1. The molecule has 1 atom stereocenters. The van der Waals surface area contributed by atoms with Gasteiger partial charge in [0, 0.05) is 38.1 Å². The summed E-state index contributed by atoms with van der Waals surface area (Å²) in [6.45, 7) is 4.87. The summed E-state index contributed by atoms with van der Waals surface area (Å²) < 4.78 is 1.87. The molecule has 0 saturated carbocycles. The van der Waals surface area contributed by atoms with Gasteiger partial charge in [-0.15, -0.1) is 5.10 Å². The first kappa shape index (κ1) is 16.7. The van der Waals surface area contributed by atoms with E-state index >= 15 is 0 Å². The molecule has 1 N–H and O–H groups in total. The Morgan fingerprint density at radius 1 is 1.12 bits per heavy atom. The SMILES string of the molecule is Cc1ccc(N2CCCC(NCc3ccc(-n4cccn4)cc3)C2)nn1. The highest BCUT2D eigenvalue weighted by atomic mass is 15.3. The molecule has 3 aromatic rings. The minimum Gasteiger partial charge on any atom is -0.354 e. The van der Waals surface area contributed by atoms with E-state index in [0.717, 1.165) is 36.8 Å². The number of aromatic nitrogens is 4. The van der Waals surface area contributed by atoms with E-state index < -0.39 is 0 Å². The second kappa shape index (κ2) is 7.66. The minimum atomic E-state index is 0.470. The number of benzene rings is 1. The number of aryl methyl sites for hydroxylation is 1. The number of rotatable bonds is 5. The Bertz CT molecular complexity index is 811. The summed E-state index contributed by atoms with van der Waals surface area (Å²) >= 11 is 0. The maximum atomic E-state index is 4.33. The average Bonchev–Trinajstić information content (AvgIpc) is 3.22. The van der Waals surface area contributed by atoms with E-state index in [1.165, 1.54) is 18.4 Å². The highest BCUT2D eigenvalue weighted by Crippen LogP contribution is 2.18.